The highest BCUT2D eigenvalue weighted by Crippen LogP contribution is 2.63. The summed E-state index contributed by atoms with van der Waals surface area (Å²) in [6.45, 7) is 22.2. The second kappa shape index (κ2) is 8.08. The Morgan fingerprint density at radius 3 is 2.31 bits per heavy atom. The molecule has 2 fully saturated rings. The summed E-state index contributed by atoms with van der Waals surface area (Å²) in [7, 11) is 0. The third-order valence-corrected chi connectivity index (χ3v) is 7.04. The lowest BCUT2D eigenvalue weighted by molar-refractivity contribution is -0.389. The van der Waals surface area contributed by atoms with Crippen molar-refractivity contribution < 1.29 is 19.3 Å². The highest BCUT2D eigenvalue weighted by Gasteiger charge is 2.63. The Bertz CT molecular complexity index is 702. The lowest BCUT2D eigenvalue weighted by Crippen LogP contribution is -2.47. The van der Waals surface area contributed by atoms with E-state index in [4.69, 9.17) is 14.5 Å². The van der Waals surface area contributed by atoms with Crippen LogP contribution >= 0.6 is 0 Å². The minimum absolute atomic E-state index is 0.214. The maximum Gasteiger partial charge on any atom is 0.334 e. The van der Waals surface area contributed by atoms with Crippen molar-refractivity contribution in [3.05, 3.63) is 12.2 Å². The molecular weight excluding hydrogens is 364 g/mol. The van der Waals surface area contributed by atoms with E-state index >= 15 is 0 Å². The maximum absolute atomic E-state index is 12.5. The van der Waals surface area contributed by atoms with Gasteiger partial charge in [-0.1, -0.05) is 52.5 Å². The molecule has 0 heterocycles. The summed E-state index contributed by atoms with van der Waals surface area (Å²) in [6.07, 6.45) is 3.71. The van der Waals surface area contributed by atoms with E-state index in [-0.39, 0.29) is 22.9 Å². The molecule has 0 aliphatic heterocycles. The summed E-state index contributed by atoms with van der Waals surface area (Å²) in [6, 6.07) is 0. The monoisotopic (exact) mass is 404 g/mol. The molecule has 2 rings (SSSR count). The Hall–Kier alpha value is -1.31. The van der Waals surface area contributed by atoms with Crippen LogP contribution in [0.25, 0.3) is 0 Å². The van der Waals surface area contributed by atoms with Crippen LogP contribution in [0.4, 0.5) is 0 Å². The third kappa shape index (κ3) is 5.06. The van der Waals surface area contributed by atoms with Crippen molar-refractivity contribution >= 4 is 5.97 Å². The van der Waals surface area contributed by atoms with Crippen molar-refractivity contribution in [2.24, 2.45) is 23.2 Å². The summed E-state index contributed by atoms with van der Waals surface area (Å²) >= 11 is 0. The van der Waals surface area contributed by atoms with E-state index in [0.717, 1.165) is 25.7 Å². The molecule has 29 heavy (non-hydrogen) atoms. The number of fused-ring (bicyclic) bond motifs is 2. The topological polar surface area (TPSA) is 44.8 Å². The van der Waals surface area contributed by atoms with E-state index in [0.29, 0.717) is 17.4 Å². The van der Waals surface area contributed by atoms with Gasteiger partial charge < -0.3 is 4.74 Å². The molecule has 0 saturated heterocycles. The molecule has 4 atom stereocenters. The zero-order valence-electron chi connectivity index (χ0n) is 19.9. The fourth-order valence-corrected chi connectivity index (χ4v) is 4.84. The average molecular weight is 405 g/mol. The highest BCUT2D eigenvalue weighted by atomic mass is 17.2. The molecule has 0 unspecified atom stereocenters. The SMILES string of the molecule is C=C(C)C(=O)O[C@]1(C#CC(C)(C)OOC(C)(C)CCC)C[C@H]2C[C@@H]1[C@H](C)C2(C)C. The summed E-state index contributed by atoms with van der Waals surface area (Å²) in [5.41, 5.74) is -1.34. The Balaban J connectivity index is 2.27. The Morgan fingerprint density at radius 2 is 1.83 bits per heavy atom. The Labute approximate surface area is 177 Å². The van der Waals surface area contributed by atoms with Gasteiger partial charge in [0.1, 0.15) is 0 Å². The highest BCUT2D eigenvalue weighted by molar-refractivity contribution is 5.87. The first kappa shape index (κ1) is 24.0. The third-order valence-electron chi connectivity index (χ3n) is 7.04. The quantitative estimate of drug-likeness (QED) is 0.175. The van der Waals surface area contributed by atoms with E-state index in [2.05, 4.69) is 46.1 Å². The van der Waals surface area contributed by atoms with Crippen LogP contribution in [0.1, 0.15) is 88.0 Å². The fourth-order valence-electron chi connectivity index (χ4n) is 4.84. The van der Waals surface area contributed by atoms with Crippen LogP contribution in [-0.2, 0) is 19.3 Å². The van der Waals surface area contributed by atoms with Crippen LogP contribution in [0, 0.1) is 35.0 Å². The molecule has 0 N–H and O–H groups in total. The number of carbonyl (C=O) groups excluding carboxylic acids is 1. The molecule has 0 radical (unpaired) electrons. The van der Waals surface area contributed by atoms with Crippen LogP contribution in [-0.4, -0.2) is 22.8 Å². The lowest BCUT2D eigenvalue weighted by Gasteiger charge is -2.44. The van der Waals surface area contributed by atoms with Gasteiger partial charge >= 0.3 is 5.97 Å². The lowest BCUT2D eigenvalue weighted by atomic mass is 9.64. The van der Waals surface area contributed by atoms with Gasteiger partial charge in [-0.25, -0.2) is 14.6 Å². The second-order valence-electron chi connectivity index (χ2n) is 10.8. The second-order valence-corrected chi connectivity index (χ2v) is 10.8. The summed E-state index contributed by atoms with van der Waals surface area (Å²) in [4.78, 5) is 23.9. The smallest absolute Gasteiger partial charge is 0.334 e. The number of esters is 1. The van der Waals surface area contributed by atoms with Gasteiger partial charge in [-0.2, -0.15) is 0 Å². The summed E-state index contributed by atoms with van der Waals surface area (Å²) in [5, 5.41) is 0. The van der Waals surface area contributed by atoms with E-state index in [1.807, 2.05) is 27.7 Å². The molecule has 0 aromatic carbocycles. The van der Waals surface area contributed by atoms with Gasteiger partial charge in [0.2, 0.25) is 0 Å². The van der Waals surface area contributed by atoms with E-state index in [1.165, 1.54) is 0 Å². The van der Waals surface area contributed by atoms with Crippen LogP contribution in [0.2, 0.25) is 0 Å². The van der Waals surface area contributed by atoms with Gasteiger partial charge in [0.05, 0.1) is 5.60 Å². The van der Waals surface area contributed by atoms with Gasteiger partial charge in [-0.15, -0.1) is 0 Å². The van der Waals surface area contributed by atoms with Crippen molar-refractivity contribution in [2.45, 2.75) is 105 Å². The van der Waals surface area contributed by atoms with Crippen LogP contribution < -0.4 is 0 Å². The molecular formula is C25H40O4. The molecule has 0 aromatic heterocycles. The zero-order valence-corrected chi connectivity index (χ0v) is 19.9. The molecule has 0 amide bonds. The van der Waals surface area contributed by atoms with Crippen molar-refractivity contribution in [3.63, 3.8) is 0 Å². The van der Waals surface area contributed by atoms with Crippen LogP contribution in [0.5, 0.6) is 0 Å². The van der Waals surface area contributed by atoms with Gasteiger partial charge in [0, 0.05) is 17.9 Å². The molecule has 164 valence electrons. The minimum Gasteiger partial charge on any atom is -0.442 e. The van der Waals surface area contributed by atoms with E-state index in [1.54, 1.807) is 6.92 Å². The van der Waals surface area contributed by atoms with Gasteiger partial charge in [-0.05, 0) is 64.7 Å². The maximum atomic E-state index is 12.5. The van der Waals surface area contributed by atoms with Crippen LogP contribution in [0.3, 0.4) is 0 Å². The van der Waals surface area contributed by atoms with Crippen molar-refractivity contribution in [1.82, 2.24) is 0 Å². The number of hydrogen-bond acceptors (Lipinski definition) is 4. The molecule has 2 saturated carbocycles. The molecule has 2 aliphatic carbocycles. The Morgan fingerprint density at radius 1 is 1.21 bits per heavy atom. The molecule has 4 heteroatoms. The first-order valence-corrected chi connectivity index (χ1v) is 11.0. The predicted octanol–water partition coefficient (Wildman–Crippen LogP) is 5.86. The molecule has 2 bridgehead atoms. The van der Waals surface area contributed by atoms with Crippen molar-refractivity contribution in [3.8, 4) is 11.8 Å². The molecule has 4 nitrogen and oxygen atoms in total. The molecule has 2 aliphatic rings. The van der Waals surface area contributed by atoms with Gasteiger partial charge in [0.25, 0.3) is 0 Å². The van der Waals surface area contributed by atoms with E-state index < -0.39 is 11.2 Å². The van der Waals surface area contributed by atoms with Gasteiger partial charge in [-0.3, -0.25) is 0 Å². The van der Waals surface area contributed by atoms with Gasteiger partial charge in [0.15, 0.2) is 11.2 Å². The normalized spacial score (nSPS) is 30.6. The number of rotatable bonds is 7. The summed E-state index contributed by atoms with van der Waals surface area (Å²) in [5.74, 6) is 7.33. The average Bonchev–Trinajstić information content (AvgIpc) is 3.07. The first-order valence-electron chi connectivity index (χ1n) is 11.0. The zero-order chi connectivity index (χ0) is 22.3. The van der Waals surface area contributed by atoms with E-state index in [9.17, 15) is 4.79 Å². The van der Waals surface area contributed by atoms with Crippen LogP contribution in [0.15, 0.2) is 12.2 Å². The largest absolute Gasteiger partial charge is 0.442 e. The first-order chi connectivity index (χ1) is 13.2. The molecule has 0 spiro atoms. The molecule has 0 aromatic rings. The summed E-state index contributed by atoms with van der Waals surface area (Å²) < 4.78 is 6.03. The predicted molar refractivity (Wildman–Crippen MR) is 116 cm³/mol. The Kier molecular flexibility index (Phi) is 6.68. The standard InChI is InChI=1S/C25H40O4/c1-11-12-22(5,6)28-29-23(7,8)13-14-25(27-21(26)17(2)3)16-19-15-20(25)18(4)24(19,9)10/h18-20H,2,11-12,15-16H2,1,3-10H3/t18-,19+,20+,25+/m0/s1. The van der Waals surface area contributed by atoms with Crippen molar-refractivity contribution in [1.29, 1.82) is 0 Å². The minimum atomic E-state index is -0.811. The number of ether oxygens (including phenoxy) is 1. The number of carbonyl (C=O) groups is 1. The van der Waals surface area contributed by atoms with Crippen molar-refractivity contribution in [2.75, 3.05) is 0 Å². The number of hydrogen-bond donors (Lipinski definition) is 0. The fraction of sp³-hybridized carbons (Fsp3) is 0.800.